The van der Waals surface area contributed by atoms with Crippen LogP contribution in [0.5, 0.6) is 0 Å². The normalized spacial score (nSPS) is 12.6. The van der Waals surface area contributed by atoms with E-state index in [1.807, 2.05) is 0 Å². The Hall–Kier alpha value is -2.27. The van der Waals surface area contributed by atoms with E-state index < -0.39 is 12.0 Å². The second kappa shape index (κ2) is 8.72. The Morgan fingerprint density at radius 3 is 1.84 bits per heavy atom. The van der Waals surface area contributed by atoms with Gasteiger partial charge in [0.1, 0.15) is 17.7 Å². The zero-order valence-electron chi connectivity index (χ0n) is 14.5. The van der Waals surface area contributed by atoms with Gasteiger partial charge in [-0.15, -0.1) is 0 Å². The summed E-state index contributed by atoms with van der Waals surface area (Å²) in [5, 5.41) is 9.06. The predicted octanol–water partition coefficient (Wildman–Crippen LogP) is 4.28. The van der Waals surface area contributed by atoms with E-state index in [-0.39, 0.29) is 17.6 Å². The Balaban J connectivity index is 2.11. The summed E-state index contributed by atoms with van der Waals surface area (Å²) in [5.74, 6) is -1.43. The average molecular weight is 347 g/mol. The van der Waals surface area contributed by atoms with Gasteiger partial charge >= 0.3 is 5.97 Å². The highest BCUT2D eigenvalue weighted by Crippen LogP contribution is 2.29. The van der Waals surface area contributed by atoms with Crippen molar-refractivity contribution in [2.45, 2.75) is 31.7 Å². The van der Waals surface area contributed by atoms with E-state index in [0.717, 1.165) is 24.0 Å². The van der Waals surface area contributed by atoms with Crippen LogP contribution >= 0.6 is 0 Å². The van der Waals surface area contributed by atoms with Gasteiger partial charge < -0.3 is 5.11 Å². The minimum absolute atomic E-state index is 0.00901. The van der Waals surface area contributed by atoms with Gasteiger partial charge in [0.05, 0.1) is 0 Å². The van der Waals surface area contributed by atoms with Crippen LogP contribution in [0.4, 0.5) is 8.78 Å². The van der Waals surface area contributed by atoms with Crippen LogP contribution in [0.2, 0.25) is 0 Å². The number of aliphatic carboxylic acids is 1. The van der Waals surface area contributed by atoms with Crippen molar-refractivity contribution in [3.8, 4) is 0 Å². The highest BCUT2D eigenvalue weighted by atomic mass is 19.1. The molecule has 1 unspecified atom stereocenters. The van der Waals surface area contributed by atoms with Gasteiger partial charge in [-0.2, -0.15) is 0 Å². The fraction of sp³-hybridized carbons (Fsp3) is 0.350. The molecule has 5 heteroatoms. The van der Waals surface area contributed by atoms with Gasteiger partial charge in [0, 0.05) is 5.92 Å². The third kappa shape index (κ3) is 5.36. The minimum Gasteiger partial charge on any atom is -0.480 e. The molecule has 0 heterocycles. The van der Waals surface area contributed by atoms with Crippen molar-refractivity contribution >= 4 is 5.97 Å². The van der Waals surface area contributed by atoms with E-state index in [9.17, 15) is 13.6 Å². The van der Waals surface area contributed by atoms with Gasteiger partial charge in [-0.1, -0.05) is 24.3 Å². The molecule has 0 saturated heterocycles. The summed E-state index contributed by atoms with van der Waals surface area (Å²) in [7, 11) is 1.78. The smallest absolute Gasteiger partial charge is 0.320 e. The quantitative estimate of drug-likeness (QED) is 0.775. The van der Waals surface area contributed by atoms with Crippen LogP contribution in [0.15, 0.2) is 48.5 Å². The lowest BCUT2D eigenvalue weighted by molar-refractivity contribution is -0.142. The summed E-state index contributed by atoms with van der Waals surface area (Å²) in [5.41, 5.74) is 1.92. The van der Waals surface area contributed by atoms with Gasteiger partial charge in [0.25, 0.3) is 0 Å². The first-order chi connectivity index (χ1) is 11.9. The molecule has 2 rings (SSSR count). The summed E-state index contributed by atoms with van der Waals surface area (Å²) >= 11 is 0. The number of halogens is 2. The van der Waals surface area contributed by atoms with Crippen LogP contribution in [0, 0.1) is 11.6 Å². The molecule has 1 N–H and O–H groups in total. The van der Waals surface area contributed by atoms with Gasteiger partial charge in [-0.25, -0.2) is 8.78 Å². The number of likely N-dealkylation sites (N-methyl/N-ethyl adjacent to an activating group) is 1. The van der Waals surface area contributed by atoms with Crippen molar-refractivity contribution in [3.63, 3.8) is 0 Å². The molecule has 0 aromatic heterocycles. The molecule has 2 aromatic carbocycles. The molecular weight excluding hydrogens is 324 g/mol. The minimum atomic E-state index is -0.851. The first-order valence-electron chi connectivity index (χ1n) is 8.32. The van der Waals surface area contributed by atoms with Crippen molar-refractivity contribution in [2.75, 3.05) is 13.6 Å². The van der Waals surface area contributed by atoms with Crippen LogP contribution in [0.3, 0.4) is 0 Å². The van der Waals surface area contributed by atoms with Crippen LogP contribution in [0.25, 0.3) is 0 Å². The third-order valence-corrected chi connectivity index (χ3v) is 4.57. The maximum atomic E-state index is 13.2. The zero-order valence-corrected chi connectivity index (χ0v) is 14.5. The molecule has 0 saturated carbocycles. The maximum absolute atomic E-state index is 13.2. The fourth-order valence-corrected chi connectivity index (χ4v) is 2.84. The number of rotatable bonds is 8. The lowest BCUT2D eigenvalue weighted by Gasteiger charge is -2.23. The van der Waals surface area contributed by atoms with Gasteiger partial charge in [-0.05, 0) is 68.8 Å². The van der Waals surface area contributed by atoms with Crippen molar-refractivity contribution < 1.29 is 18.7 Å². The summed E-state index contributed by atoms with van der Waals surface area (Å²) < 4.78 is 26.4. The maximum Gasteiger partial charge on any atom is 0.320 e. The van der Waals surface area contributed by atoms with Crippen molar-refractivity contribution in [1.82, 2.24) is 4.90 Å². The Kier molecular flexibility index (Phi) is 6.65. The molecular formula is C20H23F2NO2. The summed E-state index contributed by atoms with van der Waals surface area (Å²) in [4.78, 5) is 12.8. The number of nitrogens with zero attached hydrogens (tertiary/aromatic N) is 1. The SMILES string of the molecule is CC(C(=O)O)N(C)CCCC(c1ccc(F)cc1)c1ccc(F)cc1. The average Bonchev–Trinajstić information content (AvgIpc) is 2.60. The molecule has 0 bridgehead atoms. The molecule has 134 valence electrons. The Bertz CT molecular complexity index is 640. The Morgan fingerprint density at radius 1 is 1.00 bits per heavy atom. The van der Waals surface area contributed by atoms with E-state index in [2.05, 4.69) is 0 Å². The lowest BCUT2D eigenvalue weighted by atomic mass is 9.87. The van der Waals surface area contributed by atoms with Gasteiger partial charge in [0.15, 0.2) is 0 Å². The van der Waals surface area contributed by atoms with E-state index in [1.165, 1.54) is 24.3 Å². The molecule has 0 amide bonds. The number of carbonyl (C=O) groups is 1. The number of benzene rings is 2. The molecule has 0 fully saturated rings. The van der Waals surface area contributed by atoms with Crippen LogP contribution in [-0.4, -0.2) is 35.6 Å². The topological polar surface area (TPSA) is 40.5 Å². The fourth-order valence-electron chi connectivity index (χ4n) is 2.84. The number of hydrogen-bond acceptors (Lipinski definition) is 2. The number of carboxylic acid groups (broad SMARTS) is 1. The molecule has 25 heavy (non-hydrogen) atoms. The summed E-state index contributed by atoms with van der Waals surface area (Å²) in [6.07, 6.45) is 1.53. The number of carboxylic acids is 1. The van der Waals surface area contributed by atoms with Crippen molar-refractivity contribution in [3.05, 3.63) is 71.3 Å². The molecule has 0 aliphatic heterocycles. The van der Waals surface area contributed by atoms with E-state index in [4.69, 9.17) is 5.11 Å². The monoisotopic (exact) mass is 347 g/mol. The largest absolute Gasteiger partial charge is 0.480 e. The second-order valence-electron chi connectivity index (χ2n) is 6.29. The summed E-state index contributed by atoms with van der Waals surface area (Å²) in [6, 6.07) is 12.1. The highest BCUT2D eigenvalue weighted by molar-refractivity contribution is 5.72. The van der Waals surface area contributed by atoms with E-state index in [1.54, 1.807) is 43.1 Å². The Labute approximate surface area is 146 Å². The van der Waals surface area contributed by atoms with E-state index in [0.29, 0.717) is 6.54 Å². The third-order valence-electron chi connectivity index (χ3n) is 4.57. The second-order valence-corrected chi connectivity index (χ2v) is 6.29. The lowest BCUT2D eigenvalue weighted by Crippen LogP contribution is -2.36. The molecule has 0 aliphatic carbocycles. The molecule has 2 aromatic rings. The molecule has 0 spiro atoms. The molecule has 0 aliphatic rings. The first-order valence-corrected chi connectivity index (χ1v) is 8.32. The van der Waals surface area contributed by atoms with Crippen LogP contribution < -0.4 is 0 Å². The highest BCUT2D eigenvalue weighted by Gasteiger charge is 2.18. The van der Waals surface area contributed by atoms with Crippen LogP contribution in [-0.2, 0) is 4.79 Å². The van der Waals surface area contributed by atoms with Gasteiger partial charge in [-0.3, -0.25) is 9.69 Å². The standard InChI is InChI=1S/C20H23F2NO2/c1-14(20(24)25)23(2)13-3-4-19(15-5-9-17(21)10-6-15)16-7-11-18(22)12-8-16/h5-12,14,19H,3-4,13H2,1-2H3,(H,24,25). The van der Waals surface area contributed by atoms with E-state index >= 15 is 0 Å². The Morgan fingerprint density at radius 2 is 1.44 bits per heavy atom. The number of hydrogen-bond donors (Lipinski definition) is 1. The van der Waals surface area contributed by atoms with Crippen LogP contribution in [0.1, 0.15) is 36.8 Å². The zero-order chi connectivity index (χ0) is 18.4. The predicted molar refractivity (Wildman–Crippen MR) is 93.6 cm³/mol. The van der Waals surface area contributed by atoms with Crippen molar-refractivity contribution in [2.24, 2.45) is 0 Å². The molecule has 0 radical (unpaired) electrons. The van der Waals surface area contributed by atoms with Gasteiger partial charge in [0.2, 0.25) is 0 Å². The van der Waals surface area contributed by atoms with Crippen molar-refractivity contribution in [1.29, 1.82) is 0 Å². The summed E-state index contributed by atoms with van der Waals surface area (Å²) in [6.45, 7) is 2.28. The molecule has 3 nitrogen and oxygen atoms in total. The molecule has 1 atom stereocenters. The first kappa shape index (κ1) is 19.1.